The van der Waals surface area contributed by atoms with Gasteiger partial charge in [0.05, 0.1) is 5.69 Å². The van der Waals surface area contributed by atoms with Crippen molar-refractivity contribution in [2.45, 2.75) is 58.4 Å². The molecule has 1 saturated carbocycles. The van der Waals surface area contributed by atoms with Crippen LogP contribution >= 0.6 is 11.3 Å². The Kier molecular flexibility index (Phi) is 5.01. The fourth-order valence-corrected chi connectivity index (χ4v) is 3.67. The van der Waals surface area contributed by atoms with Crippen LogP contribution in [0.1, 0.15) is 49.1 Å². The minimum absolute atomic E-state index is 0.690. The maximum absolute atomic E-state index is 5.68. The molecule has 0 amide bonds. The van der Waals surface area contributed by atoms with E-state index in [0.717, 1.165) is 19.5 Å². The van der Waals surface area contributed by atoms with Crippen LogP contribution in [0.3, 0.4) is 0 Å². The second-order valence-electron chi connectivity index (χ2n) is 5.27. The maximum Gasteiger partial charge on any atom is 0.186 e. The molecule has 3 nitrogen and oxygen atoms in total. The van der Waals surface area contributed by atoms with Crippen LogP contribution in [0.5, 0.6) is 0 Å². The first kappa shape index (κ1) is 13.8. The van der Waals surface area contributed by atoms with Gasteiger partial charge in [-0.3, -0.25) is 0 Å². The van der Waals surface area contributed by atoms with Gasteiger partial charge in [-0.2, -0.15) is 0 Å². The summed E-state index contributed by atoms with van der Waals surface area (Å²) in [6.45, 7) is 6.11. The number of anilines is 1. The molecule has 0 radical (unpaired) electrons. The van der Waals surface area contributed by atoms with Crippen molar-refractivity contribution >= 4 is 16.5 Å². The van der Waals surface area contributed by atoms with Crippen LogP contribution in [0.4, 0.5) is 5.13 Å². The van der Waals surface area contributed by atoms with E-state index in [1.807, 2.05) is 11.3 Å². The highest BCUT2D eigenvalue weighted by molar-refractivity contribution is 7.15. The first-order chi connectivity index (χ1) is 8.72. The smallest absolute Gasteiger partial charge is 0.186 e. The molecule has 1 heterocycles. The number of hydrogen-bond donors (Lipinski definition) is 1. The monoisotopic (exact) mass is 267 g/mol. The summed E-state index contributed by atoms with van der Waals surface area (Å²) < 4.78 is 0. The van der Waals surface area contributed by atoms with Gasteiger partial charge in [-0.15, -0.1) is 11.3 Å². The summed E-state index contributed by atoms with van der Waals surface area (Å²) in [5.41, 5.74) is 6.86. The van der Waals surface area contributed by atoms with Gasteiger partial charge in [0.15, 0.2) is 5.13 Å². The zero-order valence-electron chi connectivity index (χ0n) is 11.6. The summed E-state index contributed by atoms with van der Waals surface area (Å²) >= 11 is 1.84. The summed E-state index contributed by atoms with van der Waals surface area (Å²) in [6.07, 6.45) is 7.84. The third-order valence-electron chi connectivity index (χ3n) is 3.88. The van der Waals surface area contributed by atoms with Gasteiger partial charge in [-0.1, -0.05) is 19.3 Å². The lowest BCUT2D eigenvalue weighted by molar-refractivity contribution is 0.412. The number of aromatic nitrogens is 1. The van der Waals surface area contributed by atoms with Crippen molar-refractivity contribution in [3.05, 3.63) is 10.6 Å². The second kappa shape index (κ2) is 6.53. The number of rotatable bonds is 5. The second-order valence-corrected chi connectivity index (χ2v) is 6.45. The van der Waals surface area contributed by atoms with Crippen LogP contribution in [-0.4, -0.2) is 24.1 Å². The summed E-state index contributed by atoms with van der Waals surface area (Å²) in [7, 11) is 0. The molecule has 0 unspecified atom stereocenters. The average molecular weight is 267 g/mol. The van der Waals surface area contributed by atoms with Gasteiger partial charge in [0.1, 0.15) is 0 Å². The Balaban J connectivity index is 2.12. The number of nitrogens with two attached hydrogens (primary N) is 1. The highest BCUT2D eigenvalue weighted by Gasteiger charge is 2.23. The first-order valence-electron chi connectivity index (χ1n) is 7.13. The van der Waals surface area contributed by atoms with Crippen LogP contribution < -0.4 is 10.6 Å². The van der Waals surface area contributed by atoms with Crippen molar-refractivity contribution in [1.82, 2.24) is 4.98 Å². The zero-order valence-corrected chi connectivity index (χ0v) is 12.4. The van der Waals surface area contributed by atoms with Gasteiger partial charge < -0.3 is 10.6 Å². The molecule has 0 atom stereocenters. The summed E-state index contributed by atoms with van der Waals surface area (Å²) in [5.74, 6) is 0. The van der Waals surface area contributed by atoms with Gasteiger partial charge in [-0.05, 0) is 39.7 Å². The van der Waals surface area contributed by atoms with E-state index >= 15 is 0 Å². The molecule has 1 aliphatic rings. The van der Waals surface area contributed by atoms with Gasteiger partial charge in [0.25, 0.3) is 0 Å². The van der Waals surface area contributed by atoms with Crippen LogP contribution in [0.15, 0.2) is 0 Å². The van der Waals surface area contributed by atoms with Gasteiger partial charge in [0.2, 0.25) is 0 Å². The molecule has 0 aliphatic heterocycles. The van der Waals surface area contributed by atoms with E-state index in [-0.39, 0.29) is 0 Å². The molecule has 18 heavy (non-hydrogen) atoms. The van der Waals surface area contributed by atoms with Crippen LogP contribution in [0, 0.1) is 13.8 Å². The zero-order chi connectivity index (χ0) is 13.0. The SMILES string of the molecule is Cc1nc(N(CCCN)C2CCCCC2)sc1C. The lowest BCUT2D eigenvalue weighted by Gasteiger charge is -2.34. The summed E-state index contributed by atoms with van der Waals surface area (Å²) in [6, 6.07) is 0.690. The van der Waals surface area contributed by atoms with Crippen LogP contribution in [-0.2, 0) is 0 Å². The van der Waals surface area contributed by atoms with Crippen molar-refractivity contribution in [2.75, 3.05) is 18.0 Å². The summed E-state index contributed by atoms with van der Waals surface area (Å²) in [5, 5.41) is 1.21. The Morgan fingerprint density at radius 2 is 2.00 bits per heavy atom. The fourth-order valence-electron chi connectivity index (χ4n) is 2.67. The largest absolute Gasteiger partial charge is 0.345 e. The van der Waals surface area contributed by atoms with E-state index < -0.39 is 0 Å². The van der Waals surface area contributed by atoms with E-state index in [9.17, 15) is 0 Å². The Labute approximate surface area is 114 Å². The first-order valence-corrected chi connectivity index (χ1v) is 7.94. The number of nitrogens with zero attached hydrogens (tertiary/aromatic N) is 2. The number of aryl methyl sites for hydroxylation is 2. The molecule has 2 N–H and O–H groups in total. The third kappa shape index (κ3) is 3.23. The summed E-state index contributed by atoms with van der Waals surface area (Å²) in [4.78, 5) is 8.61. The van der Waals surface area contributed by atoms with Gasteiger partial charge in [-0.25, -0.2) is 4.98 Å². The van der Waals surface area contributed by atoms with Crippen molar-refractivity contribution in [2.24, 2.45) is 5.73 Å². The average Bonchev–Trinajstić information content (AvgIpc) is 2.71. The minimum Gasteiger partial charge on any atom is -0.345 e. The highest BCUT2D eigenvalue weighted by atomic mass is 32.1. The molecule has 102 valence electrons. The number of thiazole rings is 1. The molecule has 0 saturated heterocycles. The van der Waals surface area contributed by atoms with E-state index in [0.29, 0.717) is 6.04 Å². The molecular weight excluding hydrogens is 242 g/mol. The molecule has 1 aromatic heterocycles. The third-order valence-corrected chi connectivity index (χ3v) is 4.99. The highest BCUT2D eigenvalue weighted by Crippen LogP contribution is 2.31. The van der Waals surface area contributed by atoms with Crippen molar-refractivity contribution in [3.8, 4) is 0 Å². The lowest BCUT2D eigenvalue weighted by atomic mass is 9.94. The normalized spacial score (nSPS) is 17.1. The molecule has 1 aromatic rings. The van der Waals surface area contributed by atoms with Crippen molar-refractivity contribution in [1.29, 1.82) is 0 Å². The molecule has 0 bridgehead atoms. The van der Waals surface area contributed by atoms with E-state index in [2.05, 4.69) is 18.7 Å². The molecule has 2 rings (SSSR count). The van der Waals surface area contributed by atoms with Crippen molar-refractivity contribution in [3.63, 3.8) is 0 Å². The van der Waals surface area contributed by atoms with E-state index in [1.54, 1.807) is 0 Å². The molecule has 4 heteroatoms. The molecule has 1 aliphatic carbocycles. The van der Waals surface area contributed by atoms with Crippen LogP contribution in [0.2, 0.25) is 0 Å². The minimum atomic E-state index is 0.690. The van der Waals surface area contributed by atoms with Gasteiger partial charge in [0, 0.05) is 17.5 Å². The molecule has 0 spiro atoms. The van der Waals surface area contributed by atoms with E-state index in [1.165, 1.54) is 47.8 Å². The molecule has 1 fully saturated rings. The number of hydrogen-bond acceptors (Lipinski definition) is 4. The Hall–Kier alpha value is -0.610. The standard InChI is InChI=1S/C14H25N3S/c1-11-12(2)18-14(16-11)17(10-6-9-15)13-7-4-3-5-8-13/h13H,3-10,15H2,1-2H3. The van der Waals surface area contributed by atoms with E-state index in [4.69, 9.17) is 10.7 Å². The lowest BCUT2D eigenvalue weighted by Crippen LogP contribution is -2.38. The predicted molar refractivity (Wildman–Crippen MR) is 79.5 cm³/mol. The topological polar surface area (TPSA) is 42.2 Å². The van der Waals surface area contributed by atoms with Crippen LogP contribution in [0.25, 0.3) is 0 Å². The molecule has 0 aromatic carbocycles. The fraction of sp³-hybridized carbons (Fsp3) is 0.786. The predicted octanol–water partition coefficient (Wildman–Crippen LogP) is 3.25. The Morgan fingerprint density at radius 1 is 1.28 bits per heavy atom. The Morgan fingerprint density at radius 3 is 2.56 bits per heavy atom. The maximum atomic E-state index is 5.68. The Bertz CT molecular complexity index is 350. The quantitative estimate of drug-likeness (QED) is 0.890. The van der Waals surface area contributed by atoms with Crippen molar-refractivity contribution < 1.29 is 0 Å². The molecular formula is C14H25N3S. The van der Waals surface area contributed by atoms with Gasteiger partial charge >= 0.3 is 0 Å².